The second-order valence-electron chi connectivity index (χ2n) is 4.90. The lowest BCUT2D eigenvalue weighted by Crippen LogP contribution is -2.34. The molecule has 0 unspecified atom stereocenters. The second kappa shape index (κ2) is 7.45. The van der Waals surface area contributed by atoms with Gasteiger partial charge >= 0.3 is 6.03 Å². The normalized spacial score (nSPS) is 10.1. The van der Waals surface area contributed by atoms with Crippen molar-refractivity contribution in [3.05, 3.63) is 48.2 Å². The van der Waals surface area contributed by atoms with Crippen molar-refractivity contribution in [2.75, 3.05) is 18.4 Å². The molecule has 1 N–H and O–H groups in total. The van der Waals surface area contributed by atoms with E-state index >= 15 is 0 Å². The smallest absolute Gasteiger partial charge is 0.321 e. The zero-order valence-electron chi connectivity index (χ0n) is 13.2. The third-order valence-electron chi connectivity index (χ3n) is 3.28. The van der Waals surface area contributed by atoms with E-state index in [0.29, 0.717) is 24.7 Å². The van der Waals surface area contributed by atoms with E-state index in [1.165, 1.54) is 5.56 Å². The standard InChI is InChI=1S/C17H21N3O2/c1-4-20(5-2)17(21)19-14-8-11-16(18-12-14)22-15-9-6-13(3)7-10-15/h6-12H,4-5H2,1-3H3,(H,19,21). The van der Waals surface area contributed by atoms with E-state index in [4.69, 9.17) is 4.74 Å². The number of ether oxygens (including phenoxy) is 1. The van der Waals surface area contributed by atoms with Crippen LogP contribution in [0.15, 0.2) is 42.6 Å². The number of carbonyl (C=O) groups is 1. The van der Waals surface area contributed by atoms with E-state index in [-0.39, 0.29) is 6.03 Å². The van der Waals surface area contributed by atoms with Gasteiger partial charge in [0.1, 0.15) is 5.75 Å². The van der Waals surface area contributed by atoms with Crippen LogP contribution in [-0.2, 0) is 0 Å². The van der Waals surface area contributed by atoms with Crippen LogP contribution < -0.4 is 10.1 Å². The molecule has 0 spiro atoms. The van der Waals surface area contributed by atoms with Crippen molar-refractivity contribution in [2.45, 2.75) is 20.8 Å². The van der Waals surface area contributed by atoms with Crippen molar-refractivity contribution in [1.82, 2.24) is 9.88 Å². The Morgan fingerprint density at radius 2 is 1.82 bits per heavy atom. The summed E-state index contributed by atoms with van der Waals surface area (Å²) in [5, 5.41) is 2.81. The minimum atomic E-state index is -0.126. The van der Waals surface area contributed by atoms with Gasteiger partial charge in [-0.3, -0.25) is 0 Å². The van der Waals surface area contributed by atoms with Crippen molar-refractivity contribution < 1.29 is 9.53 Å². The maximum atomic E-state index is 11.9. The fourth-order valence-electron chi connectivity index (χ4n) is 1.96. The highest BCUT2D eigenvalue weighted by Crippen LogP contribution is 2.20. The largest absolute Gasteiger partial charge is 0.439 e. The zero-order chi connectivity index (χ0) is 15.9. The number of benzene rings is 1. The SMILES string of the molecule is CCN(CC)C(=O)Nc1ccc(Oc2ccc(C)cc2)nc1. The van der Waals surface area contributed by atoms with Crippen LogP contribution in [0.1, 0.15) is 19.4 Å². The van der Waals surface area contributed by atoms with Gasteiger partial charge in [0.2, 0.25) is 5.88 Å². The molecule has 0 aliphatic rings. The molecule has 2 amide bonds. The molecule has 2 rings (SSSR count). The van der Waals surface area contributed by atoms with Gasteiger partial charge in [-0.25, -0.2) is 9.78 Å². The third kappa shape index (κ3) is 4.22. The van der Waals surface area contributed by atoms with Gasteiger partial charge in [-0.05, 0) is 39.0 Å². The summed E-state index contributed by atoms with van der Waals surface area (Å²) in [4.78, 5) is 17.8. The molecule has 0 fully saturated rings. The first-order valence-electron chi connectivity index (χ1n) is 7.39. The Morgan fingerprint density at radius 3 is 2.36 bits per heavy atom. The number of aryl methyl sites for hydroxylation is 1. The Bertz CT molecular complexity index is 605. The quantitative estimate of drug-likeness (QED) is 0.906. The molecule has 1 aromatic carbocycles. The molecule has 1 aromatic heterocycles. The molecule has 22 heavy (non-hydrogen) atoms. The molecule has 0 aliphatic carbocycles. The Morgan fingerprint density at radius 1 is 1.14 bits per heavy atom. The predicted octanol–water partition coefficient (Wildman–Crippen LogP) is 4.06. The first-order chi connectivity index (χ1) is 10.6. The van der Waals surface area contributed by atoms with Gasteiger partial charge in [0, 0.05) is 19.2 Å². The number of carbonyl (C=O) groups excluding carboxylic acids is 1. The second-order valence-corrected chi connectivity index (χ2v) is 4.90. The summed E-state index contributed by atoms with van der Waals surface area (Å²) < 4.78 is 5.65. The number of anilines is 1. The molecule has 0 aliphatic heterocycles. The van der Waals surface area contributed by atoms with Crippen LogP contribution in [0.25, 0.3) is 0 Å². The maximum absolute atomic E-state index is 11.9. The summed E-state index contributed by atoms with van der Waals surface area (Å²) in [7, 11) is 0. The highest BCUT2D eigenvalue weighted by atomic mass is 16.5. The summed E-state index contributed by atoms with van der Waals surface area (Å²) in [5.74, 6) is 1.22. The lowest BCUT2D eigenvalue weighted by molar-refractivity contribution is 0.217. The predicted molar refractivity (Wildman–Crippen MR) is 87.4 cm³/mol. The molecular weight excluding hydrogens is 278 g/mol. The molecule has 0 radical (unpaired) electrons. The number of rotatable bonds is 5. The highest BCUT2D eigenvalue weighted by molar-refractivity contribution is 5.89. The Balaban J connectivity index is 1.98. The van der Waals surface area contributed by atoms with Gasteiger partial charge < -0.3 is 15.0 Å². The molecule has 0 saturated carbocycles. The summed E-state index contributed by atoms with van der Waals surface area (Å²) in [6.07, 6.45) is 1.59. The molecule has 5 heteroatoms. The monoisotopic (exact) mass is 299 g/mol. The van der Waals surface area contributed by atoms with Gasteiger partial charge in [-0.15, -0.1) is 0 Å². The zero-order valence-corrected chi connectivity index (χ0v) is 13.2. The van der Waals surface area contributed by atoms with Crippen molar-refractivity contribution >= 4 is 11.7 Å². The summed E-state index contributed by atoms with van der Waals surface area (Å²) in [6, 6.07) is 11.1. The molecule has 0 saturated heterocycles. The number of amides is 2. The maximum Gasteiger partial charge on any atom is 0.321 e. The molecule has 5 nitrogen and oxygen atoms in total. The molecular formula is C17H21N3O2. The molecule has 0 bridgehead atoms. The van der Waals surface area contributed by atoms with Gasteiger partial charge in [-0.1, -0.05) is 17.7 Å². The molecule has 1 heterocycles. The van der Waals surface area contributed by atoms with E-state index < -0.39 is 0 Å². The van der Waals surface area contributed by atoms with E-state index in [2.05, 4.69) is 10.3 Å². The average molecular weight is 299 g/mol. The van der Waals surface area contributed by atoms with E-state index in [1.807, 2.05) is 45.0 Å². The first kappa shape index (κ1) is 15.8. The van der Waals surface area contributed by atoms with Crippen molar-refractivity contribution in [3.63, 3.8) is 0 Å². The number of aromatic nitrogens is 1. The summed E-state index contributed by atoms with van der Waals surface area (Å²) in [5.41, 5.74) is 1.82. The lowest BCUT2D eigenvalue weighted by atomic mass is 10.2. The van der Waals surface area contributed by atoms with E-state index in [9.17, 15) is 4.79 Å². The topological polar surface area (TPSA) is 54.5 Å². The van der Waals surface area contributed by atoms with Crippen LogP contribution in [-0.4, -0.2) is 29.0 Å². The van der Waals surface area contributed by atoms with E-state index in [0.717, 1.165) is 5.75 Å². The number of nitrogens with zero attached hydrogens (tertiary/aromatic N) is 2. The fourth-order valence-corrected chi connectivity index (χ4v) is 1.96. The Kier molecular flexibility index (Phi) is 5.36. The van der Waals surface area contributed by atoms with Gasteiger partial charge in [-0.2, -0.15) is 0 Å². The van der Waals surface area contributed by atoms with Crippen LogP contribution in [0.4, 0.5) is 10.5 Å². The van der Waals surface area contributed by atoms with Crippen LogP contribution in [0.5, 0.6) is 11.6 Å². The van der Waals surface area contributed by atoms with Crippen LogP contribution in [0.3, 0.4) is 0 Å². The van der Waals surface area contributed by atoms with Crippen molar-refractivity contribution in [2.24, 2.45) is 0 Å². The van der Waals surface area contributed by atoms with Crippen molar-refractivity contribution in [3.8, 4) is 11.6 Å². The number of hydrogen-bond donors (Lipinski definition) is 1. The number of urea groups is 1. The van der Waals surface area contributed by atoms with Crippen LogP contribution in [0.2, 0.25) is 0 Å². The van der Waals surface area contributed by atoms with Crippen LogP contribution in [0, 0.1) is 6.92 Å². The first-order valence-corrected chi connectivity index (χ1v) is 7.39. The summed E-state index contributed by atoms with van der Waals surface area (Å²) >= 11 is 0. The number of pyridine rings is 1. The molecule has 2 aromatic rings. The Labute approximate surface area is 130 Å². The minimum Gasteiger partial charge on any atom is -0.439 e. The van der Waals surface area contributed by atoms with Gasteiger partial charge in [0.15, 0.2) is 0 Å². The summed E-state index contributed by atoms with van der Waals surface area (Å²) in [6.45, 7) is 7.25. The highest BCUT2D eigenvalue weighted by Gasteiger charge is 2.09. The van der Waals surface area contributed by atoms with Crippen LogP contribution >= 0.6 is 0 Å². The van der Waals surface area contributed by atoms with Gasteiger partial charge in [0.25, 0.3) is 0 Å². The lowest BCUT2D eigenvalue weighted by Gasteiger charge is -2.19. The minimum absolute atomic E-state index is 0.126. The molecule has 0 atom stereocenters. The molecule has 116 valence electrons. The van der Waals surface area contributed by atoms with Gasteiger partial charge in [0.05, 0.1) is 11.9 Å². The Hall–Kier alpha value is -2.56. The fraction of sp³-hybridized carbons (Fsp3) is 0.294. The average Bonchev–Trinajstić information content (AvgIpc) is 2.53. The third-order valence-corrected chi connectivity index (χ3v) is 3.28. The number of nitrogens with one attached hydrogen (secondary N) is 1. The number of hydrogen-bond acceptors (Lipinski definition) is 3. The van der Waals surface area contributed by atoms with Crippen molar-refractivity contribution in [1.29, 1.82) is 0 Å². The van der Waals surface area contributed by atoms with E-state index in [1.54, 1.807) is 23.2 Å².